The molecule has 0 heterocycles. The molecule has 0 aliphatic heterocycles. The fourth-order valence-electron chi connectivity index (χ4n) is 7.84. The van der Waals surface area contributed by atoms with Gasteiger partial charge in [0.15, 0.2) is 11.4 Å². The molecule has 4 aliphatic rings. The Morgan fingerprint density at radius 3 is 2.27 bits per heavy atom. The van der Waals surface area contributed by atoms with Gasteiger partial charge < -0.3 is 31.1 Å². The Kier molecular flexibility index (Phi) is 7.41. The number of phenols is 1. The molecule has 0 aromatic heterocycles. The third-order valence-corrected chi connectivity index (χ3v) is 10.1. The van der Waals surface area contributed by atoms with Gasteiger partial charge in [-0.05, 0) is 99.0 Å². The van der Waals surface area contributed by atoms with Crippen molar-refractivity contribution >= 4 is 28.7 Å². The molecular weight excluding hydrogens is 574 g/mol. The van der Waals surface area contributed by atoms with Crippen LogP contribution in [0.25, 0.3) is 16.7 Å². The summed E-state index contributed by atoms with van der Waals surface area (Å²) in [5.41, 5.74) is 6.57. The summed E-state index contributed by atoms with van der Waals surface area (Å²) in [5.74, 6) is -6.53. The summed E-state index contributed by atoms with van der Waals surface area (Å²) in [6.45, 7) is 0. The number of benzene rings is 2. The van der Waals surface area contributed by atoms with Gasteiger partial charge in [-0.25, -0.2) is 0 Å². The van der Waals surface area contributed by atoms with Gasteiger partial charge in [-0.3, -0.25) is 19.3 Å². The molecule has 4 atom stereocenters. The Bertz CT molecular complexity index is 1730. The predicted octanol–water partition coefficient (Wildman–Crippen LogP) is 3.81. The Hall–Kier alpha value is -4.41. The number of hydrogen-bond donors (Lipinski definition) is 5. The van der Waals surface area contributed by atoms with E-state index in [2.05, 4.69) is 6.08 Å². The average molecular weight is 614 g/mol. The molecule has 10 nitrogen and oxygen atoms in total. The molecule has 0 saturated heterocycles. The number of carbonyl (C=O) groups excluding carboxylic acids is 3. The number of nitrogens with zero attached hydrogens (tertiary/aromatic N) is 2. The number of ketones is 2. The summed E-state index contributed by atoms with van der Waals surface area (Å²) >= 11 is 0. The third kappa shape index (κ3) is 4.49. The van der Waals surface area contributed by atoms with E-state index in [9.17, 15) is 34.8 Å². The fraction of sp³-hybridized carbons (Fsp3) is 0.400. The van der Waals surface area contributed by atoms with Gasteiger partial charge in [0.2, 0.25) is 5.78 Å². The van der Waals surface area contributed by atoms with Crippen LogP contribution in [0.15, 0.2) is 59.1 Å². The van der Waals surface area contributed by atoms with Gasteiger partial charge in [-0.15, -0.1) is 0 Å². The maximum atomic E-state index is 14.5. The van der Waals surface area contributed by atoms with E-state index in [1.807, 2.05) is 49.3 Å². The molecule has 1 amide bonds. The quantitative estimate of drug-likeness (QED) is 0.315. The van der Waals surface area contributed by atoms with Gasteiger partial charge in [0.25, 0.3) is 5.91 Å². The van der Waals surface area contributed by atoms with Crippen LogP contribution in [0.2, 0.25) is 0 Å². The summed E-state index contributed by atoms with van der Waals surface area (Å²) < 4.78 is 0. The number of likely N-dealkylation sites (N-methyl/N-ethyl adjacent to an activating group) is 1. The number of primary amides is 1. The molecule has 0 fully saturated rings. The van der Waals surface area contributed by atoms with Crippen LogP contribution in [-0.4, -0.2) is 82.6 Å². The first-order chi connectivity index (χ1) is 21.3. The topological polar surface area (TPSA) is 165 Å². The molecule has 2 aromatic rings. The number of fused-ring (bicyclic) bond motifs is 3. The number of anilines is 1. The molecular formula is C35H39N3O7. The zero-order valence-corrected chi connectivity index (χ0v) is 25.9. The fourth-order valence-corrected chi connectivity index (χ4v) is 7.84. The van der Waals surface area contributed by atoms with Crippen molar-refractivity contribution < 1.29 is 34.8 Å². The van der Waals surface area contributed by atoms with E-state index in [4.69, 9.17) is 5.73 Å². The summed E-state index contributed by atoms with van der Waals surface area (Å²) in [6, 6.07) is 8.82. The number of rotatable bonds is 5. The molecule has 0 radical (unpaired) electrons. The van der Waals surface area contributed by atoms with Crippen LogP contribution >= 0.6 is 0 Å². The van der Waals surface area contributed by atoms with E-state index < -0.39 is 58.0 Å². The van der Waals surface area contributed by atoms with Crippen LogP contribution in [0.1, 0.15) is 53.6 Å². The minimum Gasteiger partial charge on any atom is -0.510 e. The van der Waals surface area contributed by atoms with Gasteiger partial charge in [0.05, 0.1) is 11.6 Å². The first-order valence-corrected chi connectivity index (χ1v) is 15.3. The van der Waals surface area contributed by atoms with Crippen molar-refractivity contribution in [1.29, 1.82) is 0 Å². The maximum absolute atomic E-state index is 14.5. The van der Waals surface area contributed by atoms with Crippen molar-refractivity contribution in [3.63, 3.8) is 0 Å². The number of allylic oxidation sites excluding steroid dienone is 3. The van der Waals surface area contributed by atoms with Gasteiger partial charge in [-0.2, -0.15) is 0 Å². The number of Topliss-reactive ketones (excluding diaryl/α,β-unsaturated/α-hetero) is 2. The number of nitrogens with two attached hydrogens (primary N) is 1. The van der Waals surface area contributed by atoms with Crippen molar-refractivity contribution in [3.05, 3.63) is 75.8 Å². The highest BCUT2D eigenvalue weighted by molar-refractivity contribution is 6.25. The van der Waals surface area contributed by atoms with Crippen LogP contribution in [0.5, 0.6) is 5.75 Å². The molecule has 2 aromatic carbocycles. The third-order valence-electron chi connectivity index (χ3n) is 10.1. The van der Waals surface area contributed by atoms with Crippen LogP contribution in [0, 0.1) is 11.8 Å². The Morgan fingerprint density at radius 1 is 1.00 bits per heavy atom. The number of carbonyl (C=O) groups is 3. The lowest BCUT2D eigenvalue weighted by Gasteiger charge is -2.50. The predicted molar refractivity (Wildman–Crippen MR) is 170 cm³/mol. The standard InChI is InChI=1S/C35H39N3O7/c1-37(2)20-12-10-18(11-13-20)21-16-22(17-8-6-5-7-9-17)29(39)26-23(21)14-19-15-24-28(38(3)4)31(41)27(34(36)44)33(43)35(24,45)32(42)25(19)30(26)40/h8,10-13,16,19,24,28,39,41-42,45H,5-7,9,14-15H2,1-4H3,(H2,36,44)/t19-,24-,28-,35-/m0/s1. The van der Waals surface area contributed by atoms with Crippen LogP contribution < -0.4 is 10.6 Å². The van der Waals surface area contributed by atoms with Crippen molar-refractivity contribution in [3.8, 4) is 16.9 Å². The summed E-state index contributed by atoms with van der Waals surface area (Å²) in [6.07, 6.45) is 5.93. The zero-order valence-electron chi connectivity index (χ0n) is 25.9. The van der Waals surface area contributed by atoms with E-state index >= 15 is 0 Å². The number of aliphatic hydroxyl groups excluding tert-OH is 2. The highest BCUT2D eigenvalue weighted by Gasteiger charge is 2.63. The molecule has 4 aliphatic carbocycles. The SMILES string of the molecule is CN(C)c1ccc(-c2cc(C3=CCCCC3)c(O)c3c2C[C@H]2C[C@H]4[C@H](N(C)C)C(O)=C(C(N)=O)C(=O)[C@@]4(O)C(O)=C2C3=O)cc1. The van der Waals surface area contributed by atoms with Crippen LogP contribution in [0.4, 0.5) is 5.69 Å². The normalized spacial score (nSPS) is 26.4. The average Bonchev–Trinajstić information content (AvgIpc) is 2.99. The van der Waals surface area contributed by atoms with Gasteiger partial charge in [0, 0.05) is 36.8 Å². The summed E-state index contributed by atoms with van der Waals surface area (Å²) in [4.78, 5) is 43.9. The first-order valence-electron chi connectivity index (χ1n) is 15.3. The first kappa shape index (κ1) is 30.6. The molecule has 0 unspecified atom stereocenters. The van der Waals surface area contributed by atoms with Crippen molar-refractivity contribution in [2.75, 3.05) is 33.1 Å². The lowest BCUT2D eigenvalue weighted by Crippen LogP contribution is -2.63. The summed E-state index contributed by atoms with van der Waals surface area (Å²) in [5, 5.41) is 46.4. The summed E-state index contributed by atoms with van der Waals surface area (Å²) in [7, 11) is 7.13. The van der Waals surface area contributed by atoms with E-state index in [0.717, 1.165) is 48.1 Å². The zero-order chi connectivity index (χ0) is 32.5. The molecule has 0 bridgehead atoms. The highest BCUT2D eigenvalue weighted by Crippen LogP contribution is 2.54. The molecule has 236 valence electrons. The Labute approximate surface area is 261 Å². The molecule has 6 N–H and O–H groups in total. The largest absolute Gasteiger partial charge is 0.510 e. The van der Waals surface area contributed by atoms with E-state index in [1.54, 1.807) is 19.0 Å². The Balaban J connectivity index is 1.58. The second kappa shape index (κ2) is 10.9. The molecule has 0 spiro atoms. The monoisotopic (exact) mass is 613 g/mol. The molecule has 10 heteroatoms. The van der Waals surface area contributed by atoms with Crippen molar-refractivity contribution in [1.82, 2.24) is 4.90 Å². The van der Waals surface area contributed by atoms with Gasteiger partial charge in [0.1, 0.15) is 22.8 Å². The van der Waals surface area contributed by atoms with Crippen LogP contribution in [0.3, 0.4) is 0 Å². The highest BCUT2D eigenvalue weighted by atomic mass is 16.3. The minimum absolute atomic E-state index is 0.0337. The number of aromatic hydroxyl groups is 1. The van der Waals surface area contributed by atoms with E-state index in [1.165, 1.54) is 0 Å². The molecule has 45 heavy (non-hydrogen) atoms. The molecule has 0 saturated carbocycles. The van der Waals surface area contributed by atoms with Gasteiger partial charge in [-0.1, -0.05) is 18.2 Å². The lowest BCUT2D eigenvalue weighted by atomic mass is 9.58. The van der Waals surface area contributed by atoms with Gasteiger partial charge >= 0.3 is 0 Å². The van der Waals surface area contributed by atoms with E-state index in [0.29, 0.717) is 11.1 Å². The minimum atomic E-state index is -2.67. The van der Waals surface area contributed by atoms with Crippen molar-refractivity contribution in [2.24, 2.45) is 17.6 Å². The van der Waals surface area contributed by atoms with Crippen molar-refractivity contribution in [2.45, 2.75) is 50.2 Å². The smallest absolute Gasteiger partial charge is 0.255 e. The number of aliphatic hydroxyl groups is 3. The molecule has 6 rings (SSSR count). The number of amides is 1. The maximum Gasteiger partial charge on any atom is 0.255 e. The Morgan fingerprint density at radius 2 is 1.69 bits per heavy atom. The second-order valence-electron chi connectivity index (χ2n) is 13.1. The second-order valence-corrected chi connectivity index (χ2v) is 13.1. The van der Waals surface area contributed by atoms with E-state index in [-0.39, 0.29) is 29.7 Å². The number of phenolic OH excluding ortho intramolecular Hbond substituents is 1. The lowest BCUT2D eigenvalue weighted by molar-refractivity contribution is -0.148. The number of hydrogen-bond acceptors (Lipinski definition) is 9. The van der Waals surface area contributed by atoms with Crippen LogP contribution in [-0.2, 0) is 16.0 Å².